The molecule has 0 spiro atoms. The van der Waals surface area contributed by atoms with E-state index in [0.717, 1.165) is 5.56 Å². The van der Waals surface area contributed by atoms with Gasteiger partial charge in [-0.3, -0.25) is 9.59 Å². The largest absolute Gasteiger partial charge is 0.447 e. The molecule has 1 aliphatic rings. The van der Waals surface area contributed by atoms with Gasteiger partial charge in [-0.2, -0.15) is 10.4 Å². The van der Waals surface area contributed by atoms with E-state index in [2.05, 4.69) is 15.4 Å². The van der Waals surface area contributed by atoms with Gasteiger partial charge < -0.3 is 20.5 Å². The summed E-state index contributed by atoms with van der Waals surface area (Å²) in [5, 5.41) is 16.6. The number of aromatic nitrogens is 3. The molecule has 4 aromatic rings. The van der Waals surface area contributed by atoms with E-state index in [4.69, 9.17) is 15.2 Å². The fourth-order valence-electron chi connectivity index (χ4n) is 4.23. The van der Waals surface area contributed by atoms with Crippen molar-refractivity contribution in [2.75, 3.05) is 0 Å². The monoisotopic (exact) mass is 524 g/mol. The van der Waals surface area contributed by atoms with E-state index < -0.39 is 29.5 Å². The third kappa shape index (κ3) is 4.91. The number of primary amides is 1. The van der Waals surface area contributed by atoms with E-state index in [1.165, 1.54) is 41.7 Å². The maximum Gasteiger partial charge on any atom is 0.352 e. The van der Waals surface area contributed by atoms with Crippen LogP contribution in [0.15, 0.2) is 91.6 Å². The van der Waals surface area contributed by atoms with Crippen LogP contribution in [-0.4, -0.2) is 38.4 Å². The number of ether oxygens (including phenoxy) is 2. The molecule has 2 aromatic carbocycles. The van der Waals surface area contributed by atoms with Crippen molar-refractivity contribution in [3.8, 4) is 23.1 Å². The van der Waals surface area contributed by atoms with Gasteiger partial charge in [-0.05, 0) is 29.8 Å². The standard InChI is InChI=1S/C28H21FN6O4/c29-22-9-5-4-8-20(22)23-10-11-35(34-23)25-21(14-19(16-30)17-32-25)26(36)33-24(15-18-6-2-1-3-7-18)28(27(31)37)38-12-13-39-28/h1-14,17,24H,15H2,(H2,31,37)(H,33,36). The molecule has 39 heavy (non-hydrogen) atoms. The summed E-state index contributed by atoms with van der Waals surface area (Å²) in [6.45, 7) is 0. The highest BCUT2D eigenvalue weighted by Gasteiger charge is 2.51. The lowest BCUT2D eigenvalue weighted by Crippen LogP contribution is -2.61. The Hall–Kier alpha value is -5.50. The van der Waals surface area contributed by atoms with Crippen molar-refractivity contribution < 1.29 is 23.5 Å². The zero-order valence-electron chi connectivity index (χ0n) is 20.3. The minimum Gasteiger partial charge on any atom is -0.447 e. The molecule has 0 bridgehead atoms. The normalized spacial score (nSPS) is 14.1. The minimum atomic E-state index is -2.00. The third-order valence-electron chi connectivity index (χ3n) is 6.13. The van der Waals surface area contributed by atoms with Crippen LogP contribution in [0.5, 0.6) is 0 Å². The average Bonchev–Trinajstić information content (AvgIpc) is 3.65. The van der Waals surface area contributed by atoms with E-state index >= 15 is 0 Å². The Morgan fingerprint density at radius 2 is 1.82 bits per heavy atom. The van der Waals surface area contributed by atoms with E-state index in [-0.39, 0.29) is 28.9 Å². The first-order valence-corrected chi connectivity index (χ1v) is 11.8. The number of benzene rings is 2. The molecule has 0 radical (unpaired) electrons. The molecular weight excluding hydrogens is 503 g/mol. The predicted molar refractivity (Wildman–Crippen MR) is 136 cm³/mol. The van der Waals surface area contributed by atoms with Gasteiger partial charge in [0.15, 0.2) is 5.82 Å². The molecule has 1 aliphatic heterocycles. The van der Waals surface area contributed by atoms with Crippen molar-refractivity contribution in [1.82, 2.24) is 20.1 Å². The van der Waals surface area contributed by atoms with Crippen LogP contribution in [0.1, 0.15) is 21.5 Å². The summed E-state index contributed by atoms with van der Waals surface area (Å²) in [4.78, 5) is 30.5. The predicted octanol–water partition coefficient (Wildman–Crippen LogP) is 2.99. The van der Waals surface area contributed by atoms with Gasteiger partial charge in [0, 0.05) is 24.4 Å². The zero-order chi connectivity index (χ0) is 27.4. The van der Waals surface area contributed by atoms with Crippen LogP contribution in [0.2, 0.25) is 0 Å². The Kier molecular flexibility index (Phi) is 6.75. The van der Waals surface area contributed by atoms with Gasteiger partial charge in [-0.15, -0.1) is 0 Å². The van der Waals surface area contributed by atoms with Gasteiger partial charge in [0.25, 0.3) is 5.91 Å². The maximum absolute atomic E-state index is 14.3. The number of carbonyl (C=O) groups is 2. The first-order valence-electron chi connectivity index (χ1n) is 11.8. The number of nitrogens with one attached hydrogen (secondary N) is 1. The molecule has 3 heterocycles. The SMILES string of the molecule is N#Cc1cnc(-n2ccc(-c3ccccc3F)n2)c(C(=O)NC(Cc2ccccc2)C2(C(N)=O)OC=CO2)c1. The smallest absolute Gasteiger partial charge is 0.352 e. The lowest BCUT2D eigenvalue weighted by molar-refractivity contribution is -0.182. The summed E-state index contributed by atoms with van der Waals surface area (Å²) < 4.78 is 26.6. The number of rotatable bonds is 8. The molecule has 1 unspecified atom stereocenters. The van der Waals surface area contributed by atoms with Crippen LogP contribution in [0.3, 0.4) is 0 Å². The molecule has 1 atom stereocenters. The average molecular weight is 525 g/mol. The van der Waals surface area contributed by atoms with E-state index in [1.807, 2.05) is 36.4 Å². The summed E-state index contributed by atoms with van der Waals surface area (Å²) in [7, 11) is 0. The highest BCUT2D eigenvalue weighted by atomic mass is 19.1. The second-order valence-corrected chi connectivity index (χ2v) is 8.59. The summed E-state index contributed by atoms with van der Waals surface area (Å²) in [6.07, 6.45) is 5.28. The molecule has 194 valence electrons. The minimum absolute atomic E-state index is 0.0270. The van der Waals surface area contributed by atoms with Crippen LogP contribution in [-0.2, 0) is 20.7 Å². The fourth-order valence-corrected chi connectivity index (χ4v) is 4.23. The number of nitriles is 1. The molecule has 0 saturated carbocycles. The number of pyridine rings is 1. The second-order valence-electron chi connectivity index (χ2n) is 8.59. The first-order chi connectivity index (χ1) is 18.9. The highest BCUT2D eigenvalue weighted by molar-refractivity contribution is 5.98. The van der Waals surface area contributed by atoms with Crippen LogP contribution < -0.4 is 11.1 Å². The number of hydrogen-bond acceptors (Lipinski definition) is 7. The third-order valence-corrected chi connectivity index (χ3v) is 6.13. The Morgan fingerprint density at radius 1 is 1.10 bits per heavy atom. The molecule has 10 nitrogen and oxygen atoms in total. The van der Waals surface area contributed by atoms with Crippen molar-refractivity contribution in [3.05, 3.63) is 114 Å². The van der Waals surface area contributed by atoms with Crippen LogP contribution in [0.25, 0.3) is 17.1 Å². The summed E-state index contributed by atoms with van der Waals surface area (Å²) >= 11 is 0. The lowest BCUT2D eigenvalue weighted by atomic mass is 9.97. The van der Waals surface area contributed by atoms with Gasteiger partial charge in [0.2, 0.25) is 0 Å². The van der Waals surface area contributed by atoms with Crippen molar-refractivity contribution in [2.24, 2.45) is 5.73 Å². The highest BCUT2D eigenvalue weighted by Crippen LogP contribution is 2.28. The van der Waals surface area contributed by atoms with Gasteiger partial charge in [0.05, 0.1) is 16.8 Å². The second kappa shape index (κ2) is 10.5. The number of amides is 2. The van der Waals surface area contributed by atoms with E-state index in [0.29, 0.717) is 5.69 Å². The lowest BCUT2D eigenvalue weighted by Gasteiger charge is -2.33. The van der Waals surface area contributed by atoms with Crippen LogP contribution in [0.4, 0.5) is 4.39 Å². The van der Waals surface area contributed by atoms with Gasteiger partial charge >= 0.3 is 11.7 Å². The molecular formula is C28H21FN6O4. The number of hydrogen-bond donors (Lipinski definition) is 2. The molecule has 0 fully saturated rings. The van der Waals surface area contributed by atoms with Crippen molar-refractivity contribution in [3.63, 3.8) is 0 Å². The van der Waals surface area contributed by atoms with Crippen molar-refractivity contribution in [1.29, 1.82) is 5.26 Å². The maximum atomic E-state index is 14.3. The Labute approximate surface area is 222 Å². The molecule has 3 N–H and O–H groups in total. The van der Waals surface area contributed by atoms with Gasteiger partial charge in [-0.1, -0.05) is 42.5 Å². The van der Waals surface area contributed by atoms with Gasteiger partial charge in [0.1, 0.15) is 30.5 Å². The molecule has 11 heteroatoms. The topological polar surface area (TPSA) is 145 Å². The quantitative estimate of drug-likeness (QED) is 0.360. The molecule has 2 aromatic heterocycles. The van der Waals surface area contributed by atoms with Crippen LogP contribution >= 0.6 is 0 Å². The Bertz CT molecular complexity index is 1600. The van der Waals surface area contributed by atoms with E-state index in [9.17, 15) is 19.2 Å². The Morgan fingerprint density at radius 3 is 2.51 bits per heavy atom. The molecule has 0 saturated heterocycles. The van der Waals surface area contributed by atoms with Crippen molar-refractivity contribution >= 4 is 11.8 Å². The Balaban J connectivity index is 1.52. The van der Waals surface area contributed by atoms with Gasteiger partial charge in [-0.25, -0.2) is 14.1 Å². The number of halogens is 1. The molecule has 0 aliphatic carbocycles. The molecule has 5 rings (SSSR count). The zero-order valence-corrected chi connectivity index (χ0v) is 20.3. The van der Waals surface area contributed by atoms with E-state index in [1.54, 1.807) is 24.3 Å². The summed E-state index contributed by atoms with van der Waals surface area (Å²) in [5.74, 6) is -4.03. The molecule has 2 amide bonds. The fraction of sp³-hybridized carbons (Fsp3) is 0.107. The number of nitrogens with zero attached hydrogens (tertiary/aromatic N) is 4. The summed E-state index contributed by atoms with van der Waals surface area (Å²) in [5.41, 5.74) is 7.11. The number of nitrogens with two attached hydrogens (primary N) is 1. The van der Waals surface area contributed by atoms with Crippen molar-refractivity contribution in [2.45, 2.75) is 18.2 Å². The first kappa shape index (κ1) is 25.2. The summed E-state index contributed by atoms with van der Waals surface area (Å²) in [6, 6.07) is 19.0. The van der Waals surface area contributed by atoms with Crippen LogP contribution in [0, 0.1) is 17.1 Å². The number of carbonyl (C=O) groups excluding carboxylic acids is 2.